The van der Waals surface area contributed by atoms with Gasteiger partial charge in [-0.1, -0.05) is 78.9 Å². The molecule has 134 valence electrons. The SMILES string of the molecule is O=S(=O)(N[C@@H](c1ccccc1)[C@@H](NCl)c1ccccc1)c1ccccc1. The molecule has 3 aromatic carbocycles. The van der Waals surface area contributed by atoms with Crippen LogP contribution in [0.1, 0.15) is 23.2 Å². The van der Waals surface area contributed by atoms with E-state index in [2.05, 4.69) is 9.56 Å². The van der Waals surface area contributed by atoms with Crippen LogP contribution in [0.4, 0.5) is 0 Å². The molecule has 26 heavy (non-hydrogen) atoms. The van der Waals surface area contributed by atoms with Crippen LogP contribution in [0.2, 0.25) is 0 Å². The third-order valence-corrected chi connectivity index (χ3v) is 5.80. The molecule has 0 aliphatic carbocycles. The minimum Gasteiger partial charge on any atom is -0.224 e. The summed E-state index contributed by atoms with van der Waals surface area (Å²) in [4.78, 5) is 2.95. The van der Waals surface area contributed by atoms with Gasteiger partial charge in [0.25, 0.3) is 0 Å². The Morgan fingerprint density at radius 2 is 1.08 bits per heavy atom. The Kier molecular flexibility index (Phi) is 6.06. The van der Waals surface area contributed by atoms with Crippen LogP contribution < -0.4 is 9.56 Å². The maximum Gasteiger partial charge on any atom is 0.241 e. The van der Waals surface area contributed by atoms with Crippen molar-refractivity contribution in [2.45, 2.75) is 17.0 Å². The Morgan fingerprint density at radius 1 is 0.654 bits per heavy atom. The molecule has 0 heterocycles. The lowest BCUT2D eigenvalue weighted by Crippen LogP contribution is -2.36. The molecule has 0 saturated carbocycles. The maximum atomic E-state index is 12.9. The van der Waals surface area contributed by atoms with E-state index < -0.39 is 22.1 Å². The molecule has 0 aliphatic heterocycles. The molecule has 0 fully saturated rings. The molecule has 3 aromatic rings. The Balaban J connectivity index is 2.02. The van der Waals surface area contributed by atoms with Gasteiger partial charge in [-0.3, -0.25) is 0 Å². The topological polar surface area (TPSA) is 58.2 Å². The molecular formula is C20H19ClN2O2S. The number of hydrogen-bond acceptors (Lipinski definition) is 3. The fraction of sp³-hybridized carbons (Fsp3) is 0.100. The van der Waals surface area contributed by atoms with Gasteiger partial charge in [-0.2, -0.15) is 0 Å². The van der Waals surface area contributed by atoms with Gasteiger partial charge in [0, 0.05) is 0 Å². The third-order valence-electron chi connectivity index (χ3n) is 4.10. The van der Waals surface area contributed by atoms with Crippen molar-refractivity contribution in [1.29, 1.82) is 0 Å². The molecule has 0 amide bonds. The van der Waals surface area contributed by atoms with Gasteiger partial charge in [-0.15, -0.1) is 0 Å². The van der Waals surface area contributed by atoms with Crippen molar-refractivity contribution in [1.82, 2.24) is 9.56 Å². The van der Waals surface area contributed by atoms with Crippen molar-refractivity contribution in [3.05, 3.63) is 102 Å². The van der Waals surface area contributed by atoms with Crippen molar-refractivity contribution >= 4 is 21.8 Å². The molecule has 0 spiro atoms. The van der Waals surface area contributed by atoms with Crippen LogP contribution in [0.3, 0.4) is 0 Å². The summed E-state index contributed by atoms with van der Waals surface area (Å²) in [6.07, 6.45) is 0. The van der Waals surface area contributed by atoms with Crippen molar-refractivity contribution < 1.29 is 8.42 Å². The zero-order valence-corrected chi connectivity index (χ0v) is 15.5. The second-order valence-electron chi connectivity index (χ2n) is 5.82. The van der Waals surface area contributed by atoms with Gasteiger partial charge in [0.15, 0.2) is 0 Å². The minimum atomic E-state index is -3.72. The van der Waals surface area contributed by atoms with Crippen LogP contribution in [0, 0.1) is 0 Å². The van der Waals surface area contributed by atoms with Crippen molar-refractivity contribution in [2.24, 2.45) is 0 Å². The molecule has 3 rings (SSSR count). The Bertz CT molecular complexity index is 920. The number of benzene rings is 3. The summed E-state index contributed by atoms with van der Waals surface area (Å²) >= 11 is 6.04. The molecule has 2 atom stereocenters. The standard InChI is InChI=1S/C20H19ClN2O2S/c21-22-19(16-10-4-1-5-11-16)20(17-12-6-2-7-13-17)23-26(24,25)18-14-8-3-9-15-18/h1-15,19-20,22-23H/t19-,20-/m0/s1. The summed E-state index contributed by atoms with van der Waals surface area (Å²) in [7, 11) is -3.72. The van der Waals surface area contributed by atoms with Crippen LogP contribution in [-0.2, 0) is 10.0 Å². The van der Waals surface area contributed by atoms with E-state index in [0.717, 1.165) is 11.1 Å². The van der Waals surface area contributed by atoms with Gasteiger partial charge in [-0.05, 0) is 35.0 Å². The first-order chi connectivity index (χ1) is 12.6. The predicted molar refractivity (Wildman–Crippen MR) is 104 cm³/mol. The summed E-state index contributed by atoms with van der Waals surface area (Å²) < 4.78 is 28.6. The predicted octanol–water partition coefficient (Wildman–Crippen LogP) is 4.19. The average Bonchev–Trinajstić information content (AvgIpc) is 2.70. The maximum absolute atomic E-state index is 12.9. The van der Waals surface area contributed by atoms with Gasteiger partial charge < -0.3 is 0 Å². The van der Waals surface area contributed by atoms with Crippen molar-refractivity contribution in [3.63, 3.8) is 0 Å². The normalized spacial score (nSPS) is 13.9. The van der Waals surface area contributed by atoms with E-state index in [0.29, 0.717) is 0 Å². The van der Waals surface area contributed by atoms with Crippen LogP contribution in [0.5, 0.6) is 0 Å². The second-order valence-corrected chi connectivity index (χ2v) is 7.75. The van der Waals surface area contributed by atoms with E-state index in [1.165, 1.54) is 0 Å². The lowest BCUT2D eigenvalue weighted by atomic mass is 9.95. The molecular weight excluding hydrogens is 368 g/mol. The van der Waals surface area contributed by atoms with Crippen molar-refractivity contribution in [2.75, 3.05) is 0 Å². The Hall–Kier alpha value is -2.18. The average molecular weight is 387 g/mol. The third kappa shape index (κ3) is 4.31. The molecule has 0 radical (unpaired) electrons. The zero-order chi connectivity index (χ0) is 18.4. The highest BCUT2D eigenvalue weighted by Gasteiger charge is 2.29. The van der Waals surface area contributed by atoms with Crippen LogP contribution in [-0.4, -0.2) is 8.42 Å². The molecule has 6 heteroatoms. The molecule has 2 N–H and O–H groups in total. The molecule has 0 saturated heterocycles. The molecule has 0 aromatic heterocycles. The quantitative estimate of drug-likeness (QED) is 0.598. The Morgan fingerprint density at radius 3 is 1.54 bits per heavy atom. The van der Waals surface area contributed by atoms with Gasteiger partial charge in [0.05, 0.1) is 17.0 Å². The molecule has 4 nitrogen and oxygen atoms in total. The van der Waals surface area contributed by atoms with Crippen LogP contribution in [0.25, 0.3) is 0 Å². The zero-order valence-electron chi connectivity index (χ0n) is 13.9. The minimum absolute atomic E-state index is 0.210. The van der Waals surface area contributed by atoms with Gasteiger partial charge >= 0.3 is 0 Å². The fourth-order valence-corrected chi connectivity index (χ4v) is 4.31. The number of nitrogens with one attached hydrogen (secondary N) is 2. The summed E-state index contributed by atoms with van der Waals surface area (Å²) in [6, 6.07) is 26.2. The lowest BCUT2D eigenvalue weighted by molar-refractivity contribution is 0.482. The summed E-state index contributed by atoms with van der Waals surface area (Å²) in [5.74, 6) is 0. The van der Waals surface area contributed by atoms with Crippen LogP contribution in [0.15, 0.2) is 95.9 Å². The first-order valence-corrected chi connectivity index (χ1v) is 10.0. The van der Waals surface area contributed by atoms with Gasteiger partial charge in [0.1, 0.15) is 0 Å². The summed E-state index contributed by atoms with van der Waals surface area (Å²) in [5, 5.41) is 0. The van der Waals surface area contributed by atoms with E-state index >= 15 is 0 Å². The van der Waals surface area contributed by atoms with E-state index in [1.807, 2.05) is 60.7 Å². The molecule has 0 unspecified atom stereocenters. The van der Waals surface area contributed by atoms with Gasteiger partial charge in [-0.25, -0.2) is 18.0 Å². The van der Waals surface area contributed by atoms with E-state index in [4.69, 9.17) is 11.8 Å². The highest BCUT2D eigenvalue weighted by Crippen LogP contribution is 2.31. The largest absolute Gasteiger partial charge is 0.241 e. The van der Waals surface area contributed by atoms with Gasteiger partial charge in [0.2, 0.25) is 10.0 Å². The number of rotatable bonds is 7. The summed E-state index contributed by atoms with van der Waals surface area (Å²) in [6.45, 7) is 0. The second kappa shape index (κ2) is 8.47. The monoisotopic (exact) mass is 386 g/mol. The first-order valence-electron chi connectivity index (χ1n) is 8.15. The molecule has 0 aliphatic rings. The van der Waals surface area contributed by atoms with E-state index in [9.17, 15) is 8.42 Å². The lowest BCUT2D eigenvalue weighted by Gasteiger charge is -2.27. The Labute approximate surface area is 159 Å². The number of halogens is 1. The number of hydrogen-bond donors (Lipinski definition) is 2. The van der Waals surface area contributed by atoms with Crippen molar-refractivity contribution in [3.8, 4) is 0 Å². The smallest absolute Gasteiger partial charge is 0.224 e. The summed E-state index contributed by atoms with van der Waals surface area (Å²) in [5.41, 5.74) is 1.70. The van der Waals surface area contributed by atoms with E-state index in [1.54, 1.807) is 30.3 Å². The van der Waals surface area contributed by atoms with E-state index in [-0.39, 0.29) is 4.90 Å². The highest BCUT2D eigenvalue weighted by atomic mass is 35.5. The van der Waals surface area contributed by atoms with Crippen LogP contribution >= 0.6 is 11.8 Å². The first kappa shape index (κ1) is 18.6. The highest BCUT2D eigenvalue weighted by molar-refractivity contribution is 7.89. The number of sulfonamides is 1. The molecule has 0 bridgehead atoms. The fourth-order valence-electron chi connectivity index (χ4n) is 2.80.